The molecule has 0 saturated carbocycles. The monoisotopic (exact) mass is 1680 g/mol. The molecule has 1 unspecified atom stereocenters. The minimum absolute atomic E-state index is 0.0300. The SMILES string of the molecule is C1=CC(N(c2ccc(-c3ccc4c(c3)oc3ccccc34)cc2)c2ccccc2-c2ccc3oc4cc5ccccc5cc4c3c2)CC=C1c1ccc(-c2cccc(-c3ccc4cc5oc6ccc(-c7ccccc7N(c7cccc(-c8ccc9ccccc9c8)c7)c7cccc8c7-c7ccccc7C87c8ccccc8-c8ccccc87)cc6c5cc4c3)c2)c(-c2ccccc2)c1. The highest BCUT2D eigenvalue weighted by molar-refractivity contribution is 6.15. The third-order valence-corrected chi connectivity index (χ3v) is 28.3. The van der Waals surface area contributed by atoms with Crippen LogP contribution >= 0.6 is 0 Å². The lowest BCUT2D eigenvalue weighted by Crippen LogP contribution is -2.30. The minimum atomic E-state index is -0.528. The summed E-state index contributed by atoms with van der Waals surface area (Å²) in [6, 6.07) is 166. The molecular formula is C127H80N2O3. The molecule has 3 aromatic heterocycles. The average Bonchev–Trinajstić information content (AvgIpc) is 1.50. The number of nitrogens with zero attached hydrogens (tertiary/aromatic N) is 2. The molecule has 0 fully saturated rings. The minimum Gasteiger partial charge on any atom is -0.456 e. The van der Waals surface area contributed by atoms with Crippen molar-refractivity contribution in [2.75, 3.05) is 9.80 Å². The first-order valence-electron chi connectivity index (χ1n) is 45.6. The first kappa shape index (κ1) is 75.1. The topological polar surface area (TPSA) is 45.9 Å². The number of hydrogen-bond donors (Lipinski definition) is 0. The quantitative estimate of drug-likeness (QED) is 0.109. The van der Waals surface area contributed by atoms with Crippen LogP contribution in [0.5, 0.6) is 0 Å². The van der Waals surface area contributed by atoms with Crippen LogP contribution in [0.15, 0.2) is 480 Å². The molecule has 5 nitrogen and oxygen atoms in total. The van der Waals surface area contributed by atoms with E-state index in [0.717, 1.165) is 184 Å². The van der Waals surface area contributed by atoms with Gasteiger partial charge in [0.15, 0.2) is 0 Å². The average molecular weight is 1680 g/mol. The highest BCUT2D eigenvalue weighted by Gasteiger charge is 2.52. The first-order valence-corrected chi connectivity index (χ1v) is 45.6. The molecule has 132 heavy (non-hydrogen) atoms. The first-order chi connectivity index (χ1) is 65.4. The number of furan rings is 3. The number of rotatable bonds is 14. The molecule has 0 radical (unpaired) electrons. The normalized spacial score (nSPS) is 13.6. The Morgan fingerprint density at radius 2 is 0.674 bits per heavy atom. The van der Waals surface area contributed by atoms with E-state index in [1.807, 2.05) is 12.1 Å². The molecule has 5 heteroatoms. The molecule has 3 aliphatic carbocycles. The fourth-order valence-electron chi connectivity index (χ4n) is 22.2. The van der Waals surface area contributed by atoms with E-state index in [2.05, 4.69) is 465 Å². The molecular weight excluding hydrogens is 1600 g/mol. The number of hydrogen-bond acceptors (Lipinski definition) is 5. The van der Waals surface area contributed by atoms with Gasteiger partial charge in [0, 0.05) is 66.1 Å². The lowest BCUT2D eigenvalue weighted by atomic mass is 9.70. The zero-order chi connectivity index (χ0) is 86.6. The molecule has 0 aliphatic heterocycles. The zero-order valence-electron chi connectivity index (χ0n) is 71.9. The number of benzene rings is 21. The summed E-state index contributed by atoms with van der Waals surface area (Å²) in [6.45, 7) is 0. The van der Waals surface area contributed by atoms with Crippen LogP contribution < -0.4 is 9.80 Å². The summed E-state index contributed by atoms with van der Waals surface area (Å²) in [7, 11) is 0. The van der Waals surface area contributed by atoms with Crippen molar-refractivity contribution in [3.05, 3.63) is 495 Å². The second-order valence-electron chi connectivity index (χ2n) is 35.6. The second-order valence-corrected chi connectivity index (χ2v) is 35.6. The summed E-state index contributed by atoms with van der Waals surface area (Å²) in [5, 5.41) is 13.6. The predicted molar refractivity (Wildman–Crippen MR) is 550 cm³/mol. The van der Waals surface area contributed by atoms with Gasteiger partial charge in [-0.2, -0.15) is 0 Å². The van der Waals surface area contributed by atoms with Gasteiger partial charge in [0.2, 0.25) is 0 Å². The van der Waals surface area contributed by atoms with Crippen molar-refractivity contribution in [3.8, 4) is 100 Å². The van der Waals surface area contributed by atoms with E-state index >= 15 is 0 Å². The fourth-order valence-corrected chi connectivity index (χ4v) is 22.2. The Kier molecular flexibility index (Phi) is 17.1. The Hall–Kier alpha value is -17.1. The fraction of sp³-hybridized carbons (Fsp3) is 0.0236. The molecule has 0 amide bonds. The molecule has 3 heterocycles. The van der Waals surface area contributed by atoms with E-state index in [-0.39, 0.29) is 6.04 Å². The van der Waals surface area contributed by atoms with E-state index in [1.165, 1.54) is 82.9 Å². The summed E-state index contributed by atoms with van der Waals surface area (Å²) in [4.78, 5) is 5.07. The zero-order valence-corrected chi connectivity index (χ0v) is 71.9. The van der Waals surface area contributed by atoms with E-state index in [4.69, 9.17) is 13.3 Å². The second kappa shape index (κ2) is 30.0. The summed E-state index contributed by atoms with van der Waals surface area (Å²) < 4.78 is 19.9. The van der Waals surface area contributed by atoms with Gasteiger partial charge in [-0.3, -0.25) is 0 Å². The van der Waals surface area contributed by atoms with Crippen LogP contribution in [-0.4, -0.2) is 6.04 Å². The highest BCUT2D eigenvalue weighted by atomic mass is 16.3. The Labute approximate surface area is 762 Å². The van der Waals surface area contributed by atoms with Crippen molar-refractivity contribution in [3.63, 3.8) is 0 Å². The van der Waals surface area contributed by atoms with Gasteiger partial charge in [0.25, 0.3) is 0 Å². The summed E-state index contributed by atoms with van der Waals surface area (Å²) in [5.74, 6) is 0. The lowest BCUT2D eigenvalue weighted by molar-refractivity contribution is 0.669. The molecule has 616 valence electrons. The van der Waals surface area contributed by atoms with Crippen molar-refractivity contribution >= 4 is 132 Å². The molecule has 3 aliphatic rings. The lowest BCUT2D eigenvalue weighted by Gasteiger charge is -2.35. The van der Waals surface area contributed by atoms with Gasteiger partial charge < -0.3 is 23.1 Å². The summed E-state index contributed by atoms with van der Waals surface area (Å²) >= 11 is 0. The Bertz CT molecular complexity index is 8940. The van der Waals surface area contributed by atoms with E-state index in [1.54, 1.807) is 0 Å². The highest BCUT2D eigenvalue weighted by Crippen LogP contribution is 2.65. The van der Waals surface area contributed by atoms with Crippen molar-refractivity contribution in [1.29, 1.82) is 0 Å². The molecule has 0 bridgehead atoms. The molecule has 27 rings (SSSR count). The number of fused-ring (bicyclic) bond motifs is 22. The maximum atomic E-state index is 6.90. The van der Waals surface area contributed by atoms with Gasteiger partial charge in [0.1, 0.15) is 33.5 Å². The summed E-state index contributed by atoms with van der Waals surface area (Å²) in [6.07, 6.45) is 7.96. The third kappa shape index (κ3) is 12.0. The largest absolute Gasteiger partial charge is 0.456 e. The van der Waals surface area contributed by atoms with Crippen LogP contribution in [0.1, 0.15) is 34.2 Å². The van der Waals surface area contributed by atoms with Gasteiger partial charge in [-0.1, -0.05) is 334 Å². The van der Waals surface area contributed by atoms with Crippen molar-refractivity contribution in [2.24, 2.45) is 0 Å². The Morgan fingerprint density at radius 1 is 0.220 bits per heavy atom. The van der Waals surface area contributed by atoms with Gasteiger partial charge in [-0.15, -0.1) is 0 Å². The van der Waals surface area contributed by atoms with Crippen LogP contribution in [-0.2, 0) is 5.41 Å². The van der Waals surface area contributed by atoms with Crippen molar-refractivity contribution < 1.29 is 13.3 Å². The molecule has 0 N–H and O–H groups in total. The van der Waals surface area contributed by atoms with Gasteiger partial charge >= 0.3 is 0 Å². The summed E-state index contributed by atoms with van der Waals surface area (Å²) in [5.41, 5.74) is 38.7. The maximum Gasteiger partial charge on any atom is 0.136 e. The smallest absolute Gasteiger partial charge is 0.136 e. The predicted octanol–water partition coefficient (Wildman–Crippen LogP) is 34.9. The van der Waals surface area contributed by atoms with Crippen LogP contribution in [0, 0.1) is 0 Å². The third-order valence-electron chi connectivity index (χ3n) is 28.3. The van der Waals surface area contributed by atoms with E-state index < -0.39 is 5.41 Å². The van der Waals surface area contributed by atoms with Gasteiger partial charge in [-0.25, -0.2) is 0 Å². The Balaban J connectivity index is 0.526. The molecule has 1 atom stereocenters. The molecule has 0 saturated heterocycles. The van der Waals surface area contributed by atoms with Crippen LogP contribution in [0.2, 0.25) is 0 Å². The molecule has 21 aromatic carbocycles. The van der Waals surface area contributed by atoms with Gasteiger partial charge in [-0.05, 0) is 289 Å². The van der Waals surface area contributed by atoms with Gasteiger partial charge in [0.05, 0.1) is 22.8 Å². The van der Waals surface area contributed by atoms with Crippen LogP contribution in [0.4, 0.5) is 28.4 Å². The standard InChI is InChI=1S/C127H80N2O3/c1-2-24-82(25-3-1)108-71-90(80-51-59-97(60-52-80)128(98-61-53-81(54-62-98)91-56-64-106-105-37-13-19-46-120(105)130-123(106)77-91)117-43-17-11-33-101(117)94-57-65-121-109(73-94)111-72-86-27-6-7-28-87(86)76-124(111)131-121)55-63-100(108)93-31-20-29-84(68-93)89-49-50-92-78-125-112(75-96(92)69-89)110-74-95(58-66-122(110)132-125)102-34-12-18-44-118(102)129(99-32-21-30-85(70-99)88-48-47-79-23-4-5-26-83(79)67-88)119-45-22-42-116-126(119)107-38-10-16-41-115(107)127(116)113-39-14-8-35-103(113)104-36-9-15-40-114(104)127/h1-59,61-78,97H,60H2. The molecule has 1 spiro atoms. The molecule has 24 aromatic rings. The van der Waals surface area contributed by atoms with Crippen LogP contribution in [0.25, 0.3) is 204 Å². The van der Waals surface area contributed by atoms with E-state index in [9.17, 15) is 0 Å². The van der Waals surface area contributed by atoms with Crippen molar-refractivity contribution in [1.82, 2.24) is 0 Å². The Morgan fingerprint density at radius 3 is 1.39 bits per heavy atom. The van der Waals surface area contributed by atoms with E-state index in [0.29, 0.717) is 0 Å². The number of anilines is 5. The van der Waals surface area contributed by atoms with Crippen LogP contribution in [0.3, 0.4) is 0 Å². The van der Waals surface area contributed by atoms with Crippen molar-refractivity contribution in [2.45, 2.75) is 17.9 Å². The number of allylic oxidation sites excluding steroid dienone is 2. The number of para-hydroxylation sites is 3. The maximum absolute atomic E-state index is 6.90.